The molecular formula is C17H12ClNOS. The van der Waals surface area contributed by atoms with Crippen molar-refractivity contribution >= 4 is 39.6 Å². The summed E-state index contributed by atoms with van der Waals surface area (Å²) < 4.78 is 5.83. The Morgan fingerprint density at radius 3 is 2.29 bits per heavy atom. The maximum absolute atomic E-state index is 6.14. The fourth-order valence-electron chi connectivity index (χ4n) is 2.13. The Kier molecular flexibility index (Phi) is 3.78. The van der Waals surface area contributed by atoms with Gasteiger partial charge in [0.15, 0.2) is 0 Å². The number of hydrogen-bond acceptors (Lipinski definition) is 2. The van der Waals surface area contributed by atoms with Crippen LogP contribution in [0.15, 0.2) is 60.7 Å². The van der Waals surface area contributed by atoms with E-state index in [9.17, 15) is 0 Å². The van der Waals surface area contributed by atoms with Crippen molar-refractivity contribution in [3.05, 3.63) is 71.2 Å². The number of rotatable bonds is 3. The summed E-state index contributed by atoms with van der Waals surface area (Å²) in [5.74, 6) is 1.41. The molecule has 3 aromatic rings. The molecule has 21 heavy (non-hydrogen) atoms. The van der Waals surface area contributed by atoms with Crippen LogP contribution in [0.2, 0.25) is 5.02 Å². The van der Waals surface area contributed by atoms with Gasteiger partial charge in [0.2, 0.25) is 0 Å². The van der Waals surface area contributed by atoms with Crippen molar-refractivity contribution < 1.29 is 4.74 Å². The molecule has 0 saturated heterocycles. The second-order valence-corrected chi connectivity index (χ2v) is 5.46. The van der Waals surface area contributed by atoms with Crippen molar-refractivity contribution in [1.82, 2.24) is 0 Å². The van der Waals surface area contributed by atoms with Crippen LogP contribution in [0.3, 0.4) is 0 Å². The number of halogens is 1. The highest BCUT2D eigenvalue weighted by Gasteiger charge is 2.06. The molecule has 0 unspecified atom stereocenters. The molecule has 0 aromatic heterocycles. The van der Waals surface area contributed by atoms with Gasteiger partial charge in [0.25, 0.3) is 0 Å². The van der Waals surface area contributed by atoms with Crippen molar-refractivity contribution in [2.75, 3.05) is 0 Å². The Hall–Kier alpha value is -2.10. The third kappa shape index (κ3) is 2.99. The van der Waals surface area contributed by atoms with Crippen LogP contribution in [0, 0.1) is 0 Å². The number of benzene rings is 3. The molecule has 3 aromatic carbocycles. The van der Waals surface area contributed by atoms with E-state index in [2.05, 4.69) is 6.07 Å². The summed E-state index contributed by atoms with van der Waals surface area (Å²) in [6.45, 7) is 0. The zero-order valence-electron chi connectivity index (χ0n) is 11.0. The summed E-state index contributed by atoms with van der Waals surface area (Å²) in [5.41, 5.74) is 6.24. The quantitative estimate of drug-likeness (QED) is 0.697. The summed E-state index contributed by atoms with van der Waals surface area (Å²) in [7, 11) is 0. The number of nitrogens with two attached hydrogens (primary N) is 1. The Labute approximate surface area is 133 Å². The van der Waals surface area contributed by atoms with Gasteiger partial charge in [-0.15, -0.1) is 0 Å². The van der Waals surface area contributed by atoms with Crippen LogP contribution in [0.4, 0.5) is 0 Å². The molecule has 0 aliphatic heterocycles. The van der Waals surface area contributed by atoms with Crippen molar-refractivity contribution in [2.24, 2.45) is 5.73 Å². The topological polar surface area (TPSA) is 35.2 Å². The first-order valence-corrected chi connectivity index (χ1v) is 7.18. The lowest BCUT2D eigenvalue weighted by Crippen LogP contribution is -2.09. The van der Waals surface area contributed by atoms with Gasteiger partial charge in [-0.25, -0.2) is 0 Å². The summed E-state index contributed by atoms with van der Waals surface area (Å²) >= 11 is 11.1. The van der Waals surface area contributed by atoms with Crippen LogP contribution in [-0.2, 0) is 0 Å². The van der Waals surface area contributed by atoms with Crippen LogP contribution in [-0.4, -0.2) is 4.99 Å². The standard InChI is InChI=1S/C17H12ClNOS/c18-16-10-14(7-8-15(16)17(19)21)20-13-6-5-11-3-1-2-4-12(11)9-13/h1-10H,(H2,19,21). The predicted molar refractivity (Wildman–Crippen MR) is 91.4 cm³/mol. The molecule has 0 aliphatic carbocycles. The van der Waals surface area contributed by atoms with Crippen LogP contribution in [0.5, 0.6) is 11.5 Å². The van der Waals surface area contributed by atoms with Crippen molar-refractivity contribution in [3.63, 3.8) is 0 Å². The van der Waals surface area contributed by atoms with Crippen LogP contribution < -0.4 is 10.5 Å². The molecule has 104 valence electrons. The molecule has 0 heterocycles. The Bertz CT molecular complexity index is 832. The van der Waals surface area contributed by atoms with E-state index >= 15 is 0 Å². The van der Waals surface area contributed by atoms with E-state index in [1.54, 1.807) is 18.2 Å². The predicted octanol–water partition coefficient (Wildman–Crippen LogP) is 4.92. The molecule has 0 bridgehead atoms. The van der Waals surface area contributed by atoms with Crippen molar-refractivity contribution in [3.8, 4) is 11.5 Å². The molecule has 2 N–H and O–H groups in total. The van der Waals surface area contributed by atoms with Crippen molar-refractivity contribution in [2.45, 2.75) is 0 Å². The average molecular weight is 314 g/mol. The molecule has 0 fully saturated rings. The highest BCUT2D eigenvalue weighted by Crippen LogP contribution is 2.28. The second-order valence-electron chi connectivity index (χ2n) is 4.62. The van der Waals surface area contributed by atoms with E-state index in [4.69, 9.17) is 34.3 Å². The van der Waals surface area contributed by atoms with E-state index < -0.39 is 0 Å². The lowest BCUT2D eigenvalue weighted by molar-refractivity contribution is 0.483. The smallest absolute Gasteiger partial charge is 0.128 e. The Morgan fingerprint density at radius 1 is 0.905 bits per heavy atom. The monoisotopic (exact) mass is 313 g/mol. The zero-order valence-corrected chi connectivity index (χ0v) is 12.6. The lowest BCUT2D eigenvalue weighted by Gasteiger charge is -2.09. The minimum absolute atomic E-state index is 0.275. The van der Waals surface area contributed by atoms with Gasteiger partial charge >= 0.3 is 0 Å². The molecule has 0 spiro atoms. The van der Waals surface area contributed by atoms with Gasteiger partial charge in [0.1, 0.15) is 16.5 Å². The highest BCUT2D eigenvalue weighted by molar-refractivity contribution is 7.80. The first kappa shape index (κ1) is 13.9. The Balaban J connectivity index is 1.91. The minimum Gasteiger partial charge on any atom is -0.457 e. The van der Waals surface area contributed by atoms with Gasteiger partial charge in [-0.3, -0.25) is 0 Å². The first-order valence-electron chi connectivity index (χ1n) is 6.39. The van der Waals surface area contributed by atoms with E-state index in [0.717, 1.165) is 11.1 Å². The number of ether oxygens (including phenoxy) is 1. The summed E-state index contributed by atoms with van der Waals surface area (Å²) in [6.07, 6.45) is 0. The summed E-state index contributed by atoms with van der Waals surface area (Å²) in [4.78, 5) is 0.275. The van der Waals surface area contributed by atoms with E-state index in [1.807, 2.05) is 36.4 Å². The zero-order chi connectivity index (χ0) is 14.8. The SMILES string of the molecule is NC(=S)c1ccc(Oc2ccc3ccccc3c2)cc1Cl. The second kappa shape index (κ2) is 5.72. The van der Waals surface area contributed by atoms with Crippen LogP contribution >= 0.6 is 23.8 Å². The molecule has 2 nitrogen and oxygen atoms in total. The summed E-state index contributed by atoms with van der Waals surface area (Å²) in [5, 5.41) is 2.79. The Morgan fingerprint density at radius 2 is 1.57 bits per heavy atom. The van der Waals surface area contributed by atoms with Crippen LogP contribution in [0.1, 0.15) is 5.56 Å². The van der Waals surface area contributed by atoms with Crippen molar-refractivity contribution in [1.29, 1.82) is 0 Å². The van der Waals surface area contributed by atoms with Gasteiger partial charge in [0.05, 0.1) is 5.02 Å². The highest BCUT2D eigenvalue weighted by atomic mass is 35.5. The van der Waals surface area contributed by atoms with E-state index in [-0.39, 0.29) is 4.99 Å². The van der Waals surface area contributed by atoms with Gasteiger partial charge in [-0.2, -0.15) is 0 Å². The molecular weight excluding hydrogens is 302 g/mol. The number of hydrogen-bond donors (Lipinski definition) is 1. The van der Waals surface area contributed by atoms with Gasteiger partial charge in [-0.05, 0) is 35.0 Å². The largest absolute Gasteiger partial charge is 0.457 e. The number of fused-ring (bicyclic) bond motifs is 1. The fourth-order valence-corrected chi connectivity index (χ4v) is 2.63. The lowest BCUT2D eigenvalue weighted by atomic mass is 10.1. The molecule has 0 aliphatic rings. The average Bonchev–Trinajstić information content (AvgIpc) is 2.47. The van der Waals surface area contributed by atoms with Crippen LogP contribution in [0.25, 0.3) is 10.8 Å². The molecule has 0 saturated carbocycles. The van der Waals surface area contributed by atoms with Gasteiger partial charge in [0, 0.05) is 11.6 Å². The van der Waals surface area contributed by atoms with E-state index in [0.29, 0.717) is 16.3 Å². The molecule has 0 amide bonds. The number of thiocarbonyl (C=S) groups is 1. The molecule has 3 rings (SSSR count). The van der Waals surface area contributed by atoms with E-state index in [1.165, 1.54) is 5.39 Å². The minimum atomic E-state index is 0.275. The molecule has 4 heteroatoms. The van der Waals surface area contributed by atoms with Gasteiger partial charge < -0.3 is 10.5 Å². The molecule has 0 radical (unpaired) electrons. The fraction of sp³-hybridized carbons (Fsp3) is 0. The van der Waals surface area contributed by atoms with Gasteiger partial charge in [-0.1, -0.05) is 54.2 Å². The molecule has 0 atom stereocenters. The summed E-state index contributed by atoms with van der Waals surface area (Å²) in [6, 6.07) is 19.3. The maximum atomic E-state index is 6.14. The normalized spacial score (nSPS) is 10.5. The maximum Gasteiger partial charge on any atom is 0.128 e. The third-order valence-electron chi connectivity index (χ3n) is 3.16. The first-order chi connectivity index (χ1) is 10.1. The third-order valence-corrected chi connectivity index (χ3v) is 3.70.